The van der Waals surface area contributed by atoms with Crippen LogP contribution in [0.15, 0.2) is 158 Å². The van der Waals surface area contributed by atoms with Crippen LogP contribution in [0.3, 0.4) is 0 Å². The van der Waals surface area contributed by atoms with Gasteiger partial charge in [0, 0.05) is 101 Å². The van der Waals surface area contributed by atoms with Crippen LogP contribution >= 0.6 is 0 Å². The fourth-order valence-electron chi connectivity index (χ4n) is 17.7. The number of carbonyl (C=O) groups is 16. The number of Topliss-reactive ketones (excluding diaryl/α,β-unsaturated/α-hetero) is 1. The van der Waals surface area contributed by atoms with Crippen LogP contribution in [0, 0.1) is 0 Å². The number of hydrogen-bond donors (Lipinski definition) is 0. The number of ether oxygens (including phenoxy) is 4. The van der Waals surface area contributed by atoms with Gasteiger partial charge in [-0.15, -0.1) is 15.2 Å². The van der Waals surface area contributed by atoms with Crippen molar-refractivity contribution in [2.45, 2.75) is 182 Å². The first-order chi connectivity index (χ1) is 62.4. The Balaban J connectivity index is 0.928. The third-order valence-corrected chi connectivity index (χ3v) is 24.3. The molecule has 0 bridgehead atoms. The largest absolute Gasteiger partial charge is 0.457 e. The number of anilines is 2. The van der Waals surface area contributed by atoms with Crippen molar-refractivity contribution in [2.24, 2.45) is 0 Å². The zero-order valence-electron chi connectivity index (χ0n) is 72.4. The van der Waals surface area contributed by atoms with Gasteiger partial charge in [-0.25, -0.2) is 24.2 Å². The molecule has 17 rings (SSSR count). The molecule has 6 heterocycles. The molecule has 6 aliphatic rings. The summed E-state index contributed by atoms with van der Waals surface area (Å²) >= 11 is 0. The average Bonchev–Trinajstić information content (AvgIpc) is 0.773. The number of ketones is 1. The molecule has 6 aliphatic heterocycles. The molecule has 0 aromatic heterocycles. The molecule has 0 N–H and O–H groups in total. The molecule has 0 unspecified atom stereocenters. The van der Waals surface area contributed by atoms with E-state index in [0.29, 0.717) is 71.1 Å². The Morgan fingerprint density at radius 2 is 0.515 bits per heavy atom. The molecule has 0 atom stereocenters. The van der Waals surface area contributed by atoms with Crippen LogP contribution in [0.4, 0.5) is 11.4 Å². The van der Waals surface area contributed by atoms with E-state index in [1.807, 2.05) is 91.8 Å². The van der Waals surface area contributed by atoms with Crippen molar-refractivity contribution < 1.29 is 110 Å². The van der Waals surface area contributed by atoms with Crippen molar-refractivity contribution in [3.05, 3.63) is 224 Å². The molecular weight excluding hydrogens is 1670 g/mol. The zero-order chi connectivity index (χ0) is 91.7. The molecule has 4 saturated heterocycles. The van der Waals surface area contributed by atoms with Gasteiger partial charge in [-0.3, -0.25) is 67.2 Å². The number of carbonyl (C=O) groups excluding carboxylic acids is 16. The molecule has 29 heteroatoms. The molecular formula is C101H88N6O23. The van der Waals surface area contributed by atoms with E-state index in [1.54, 1.807) is 103 Å². The van der Waals surface area contributed by atoms with Gasteiger partial charge in [0.15, 0.2) is 5.78 Å². The highest BCUT2D eigenvalue weighted by Gasteiger charge is 2.46. The summed E-state index contributed by atoms with van der Waals surface area (Å²) in [6.07, 6.45) is -1.03. The second-order valence-electron chi connectivity index (χ2n) is 34.3. The van der Waals surface area contributed by atoms with E-state index in [4.69, 9.17) is 33.5 Å². The van der Waals surface area contributed by atoms with Crippen LogP contribution in [-0.2, 0) is 97.7 Å². The summed E-state index contributed by atoms with van der Waals surface area (Å²) in [5.74, 6) is -11.4. The fraction of sp³-hybridized carbons (Fsp3) is 0.287. The monoisotopic (exact) mass is 1750 g/mol. The van der Waals surface area contributed by atoms with E-state index >= 15 is 19.2 Å². The maximum absolute atomic E-state index is 16.9. The molecule has 130 heavy (non-hydrogen) atoms. The quantitative estimate of drug-likeness (QED) is 0.0221. The molecule has 0 spiro atoms. The smallest absolute Gasteiger partial charge is 0.333 e. The van der Waals surface area contributed by atoms with Gasteiger partial charge in [0.1, 0.15) is 46.0 Å². The summed E-state index contributed by atoms with van der Waals surface area (Å²) in [5.41, 5.74) is 5.56. The van der Waals surface area contributed by atoms with Gasteiger partial charge in [0.2, 0.25) is 11.8 Å². The molecule has 0 radical (unpaired) electrons. The van der Waals surface area contributed by atoms with Gasteiger partial charge in [0.05, 0.1) is 59.4 Å². The number of nitrogens with zero attached hydrogens (tertiary/aromatic N) is 6. The molecule has 4 fully saturated rings. The lowest BCUT2D eigenvalue weighted by molar-refractivity contribution is -0.197. The Labute approximate surface area is 744 Å². The standard InChI is InChI=1S/C101H88N6O23/c1-52(2)65-11-9-12-66(53(3)4)96(65)103-98(120)69-47-73(124-61-28-16-56(17-29-61)15-27-60(108)51-102-77(109)36-37-78(102)110)90-91-74(125-62-30-18-57(19-31-62)24-44-85(117)128-105-79(111)38-39-80(105)112)48-71-89-72(101(123)104(100(71)122)97-67(54(5)6)13-10-14-68(97)55(7)8)50-76(127-64-34-22-59(23-35-64)26-46-87(119)130-107-83(115)42-43-84(107)116)93(95(89)91)92-75(49-70(99(103)121)88(69)94(90)92)126-63-32-20-58(21-33-63)25-45-86(118)129-106-81(113)40-41-82(106)114/h9-14,16-23,28-35,47-50,52-55H,15,24-27,36-46,51H2,1-8H3. The average molecular weight is 1750 g/mol. The van der Waals surface area contributed by atoms with Gasteiger partial charge in [-0.1, -0.05) is 140 Å². The molecule has 12 amide bonds. The third-order valence-electron chi connectivity index (χ3n) is 24.3. The molecule has 660 valence electrons. The highest BCUT2D eigenvalue weighted by molar-refractivity contribution is 6.48. The van der Waals surface area contributed by atoms with Crippen molar-refractivity contribution in [1.82, 2.24) is 20.1 Å². The van der Waals surface area contributed by atoms with E-state index in [0.717, 1.165) is 4.90 Å². The van der Waals surface area contributed by atoms with Gasteiger partial charge in [-0.05, 0) is 167 Å². The first-order valence-corrected chi connectivity index (χ1v) is 43.4. The number of benzene rings is 11. The first-order valence-electron chi connectivity index (χ1n) is 43.4. The summed E-state index contributed by atoms with van der Waals surface area (Å²) in [6, 6.07) is 43.9. The van der Waals surface area contributed by atoms with Crippen LogP contribution in [0.2, 0.25) is 0 Å². The van der Waals surface area contributed by atoms with Crippen LogP contribution in [0.1, 0.15) is 242 Å². The topological polar surface area (TPSA) is 357 Å². The van der Waals surface area contributed by atoms with Crippen LogP contribution in [-0.4, -0.2) is 121 Å². The summed E-state index contributed by atoms with van der Waals surface area (Å²) < 4.78 is 29.5. The Kier molecular flexibility index (Phi) is 23.6. The number of fused-ring (bicyclic) bond motifs is 2. The van der Waals surface area contributed by atoms with Crippen molar-refractivity contribution in [2.75, 3.05) is 16.3 Å². The molecule has 29 nitrogen and oxygen atoms in total. The normalized spacial score (nSPS) is 15.3. The lowest BCUT2D eigenvalue weighted by Crippen LogP contribution is -2.42. The second-order valence-corrected chi connectivity index (χ2v) is 34.3. The molecule has 0 aliphatic carbocycles. The maximum Gasteiger partial charge on any atom is 0.333 e. The zero-order valence-corrected chi connectivity index (χ0v) is 72.4. The number of imide groups is 6. The van der Waals surface area contributed by atoms with Crippen molar-refractivity contribution in [3.63, 3.8) is 0 Å². The molecule has 11 aromatic carbocycles. The Morgan fingerprint density at radius 3 is 0.754 bits per heavy atom. The molecule has 11 aromatic rings. The number of aryl methyl sites for hydroxylation is 4. The number of para-hydroxylation sites is 2. The van der Waals surface area contributed by atoms with Gasteiger partial charge < -0.3 is 33.5 Å². The number of hydrogen-bond acceptors (Lipinski definition) is 23. The lowest BCUT2D eigenvalue weighted by atomic mass is 9.80. The number of likely N-dealkylation sites (tertiary alicyclic amines) is 1. The Hall–Kier alpha value is -15.2. The summed E-state index contributed by atoms with van der Waals surface area (Å²) in [4.78, 5) is 240. The van der Waals surface area contributed by atoms with E-state index in [9.17, 15) is 57.5 Å². The highest BCUT2D eigenvalue weighted by Crippen LogP contribution is 2.59. The summed E-state index contributed by atoms with van der Waals surface area (Å²) in [5, 5.41) is 2.33. The van der Waals surface area contributed by atoms with Gasteiger partial charge >= 0.3 is 17.9 Å². The highest BCUT2D eigenvalue weighted by atomic mass is 16.7. The van der Waals surface area contributed by atoms with Crippen molar-refractivity contribution in [3.8, 4) is 46.0 Å². The van der Waals surface area contributed by atoms with Gasteiger partial charge in [-0.2, -0.15) is 0 Å². The minimum atomic E-state index is -0.841. The first kappa shape index (κ1) is 86.9. The predicted molar refractivity (Wildman–Crippen MR) is 471 cm³/mol. The number of hydroxylamine groups is 6. The van der Waals surface area contributed by atoms with Crippen LogP contribution in [0.5, 0.6) is 46.0 Å². The Bertz CT molecular complexity index is 5870. The van der Waals surface area contributed by atoms with Crippen LogP contribution < -0.4 is 28.7 Å². The van der Waals surface area contributed by atoms with E-state index in [-0.39, 0.29) is 250 Å². The predicted octanol–water partition coefficient (Wildman–Crippen LogP) is 17.3. The van der Waals surface area contributed by atoms with Crippen molar-refractivity contribution in [1.29, 1.82) is 0 Å². The summed E-state index contributed by atoms with van der Waals surface area (Å²) in [7, 11) is 0. The van der Waals surface area contributed by atoms with E-state index in [2.05, 4.69) is 0 Å². The fourth-order valence-corrected chi connectivity index (χ4v) is 17.7. The lowest BCUT2D eigenvalue weighted by Gasteiger charge is -2.35. The maximum atomic E-state index is 16.9. The van der Waals surface area contributed by atoms with E-state index in [1.165, 1.54) is 28.0 Å². The van der Waals surface area contributed by atoms with Crippen LogP contribution in [0.25, 0.3) is 43.1 Å². The Morgan fingerprint density at radius 1 is 0.285 bits per heavy atom. The minimum Gasteiger partial charge on any atom is -0.457 e. The molecule has 0 saturated carbocycles. The third kappa shape index (κ3) is 16.5. The second kappa shape index (κ2) is 35.2. The van der Waals surface area contributed by atoms with Crippen molar-refractivity contribution >= 4 is 149 Å². The van der Waals surface area contributed by atoms with Gasteiger partial charge in [0.25, 0.3) is 59.1 Å². The number of rotatable bonds is 31. The summed E-state index contributed by atoms with van der Waals surface area (Å²) in [6.45, 7) is 15.2. The SMILES string of the molecule is CC(C)c1cccc(C(C)C)c1N1C(=O)c2cc(Oc3ccc(CCC(=O)CN4C(=O)CCC4=O)cc3)c3c4c(Oc5ccc(CCC(=O)ON6C(=O)CCC6=O)cc5)cc5c6c(cc(Oc7ccc(CCC(=O)ON8C(=O)CCC8=O)cc7)c(c7c(Oc8ccc(CCC(=O)ON9C(=O)CCC9=O)cc8)cc(c2c37)C1=O)c64)C(=O)N(c1c(C(C)C)cccc1C(C)C)C5=O. The van der Waals surface area contributed by atoms with E-state index < -0.39 is 88.8 Å². The number of amides is 12. The minimum absolute atomic E-state index is 0.0174.